The molecule has 0 bridgehead atoms. The first kappa shape index (κ1) is 29.5. The van der Waals surface area contributed by atoms with Gasteiger partial charge in [-0.1, -0.05) is 13.3 Å². The van der Waals surface area contributed by atoms with Crippen molar-refractivity contribution in [1.29, 1.82) is 0 Å². The number of carbonyl (C=O) groups excluding carboxylic acids is 1. The first-order valence-corrected chi connectivity index (χ1v) is 12.9. The molecule has 12 heteroatoms. The van der Waals surface area contributed by atoms with E-state index in [0.29, 0.717) is 36.0 Å². The molecular formula is C28H28F7N3O2. The lowest BCUT2D eigenvalue weighted by atomic mass is 9.88. The van der Waals surface area contributed by atoms with Crippen molar-refractivity contribution in [1.82, 2.24) is 10.3 Å². The molecule has 1 saturated carbocycles. The van der Waals surface area contributed by atoms with E-state index in [2.05, 4.69) is 20.0 Å². The van der Waals surface area contributed by atoms with Gasteiger partial charge in [0.25, 0.3) is 0 Å². The fraction of sp³-hybridized carbons (Fsp3) is 0.464. The van der Waals surface area contributed by atoms with Crippen molar-refractivity contribution in [3.8, 4) is 5.75 Å². The van der Waals surface area contributed by atoms with Gasteiger partial charge in [-0.05, 0) is 72.6 Å². The summed E-state index contributed by atoms with van der Waals surface area (Å²) in [7, 11) is 0. The number of hydrogen-bond acceptors (Lipinski definition) is 5. The van der Waals surface area contributed by atoms with Gasteiger partial charge in [-0.15, -0.1) is 13.2 Å². The van der Waals surface area contributed by atoms with Crippen molar-refractivity contribution in [2.24, 2.45) is 16.8 Å². The Balaban J connectivity index is 1.58. The molecule has 1 unspecified atom stereocenters. The van der Waals surface area contributed by atoms with Crippen LogP contribution in [0.3, 0.4) is 0 Å². The number of hydrogen-bond donors (Lipinski definition) is 1. The predicted octanol–water partition coefficient (Wildman–Crippen LogP) is 6.92. The Morgan fingerprint density at radius 1 is 1.05 bits per heavy atom. The molecule has 1 aliphatic heterocycles. The normalized spacial score (nSPS) is 22.0. The predicted molar refractivity (Wildman–Crippen MR) is 134 cm³/mol. The molecule has 1 N–H and O–H groups in total. The molecule has 4 rings (SSSR count). The van der Waals surface area contributed by atoms with E-state index < -0.39 is 35.7 Å². The molecule has 0 spiro atoms. The standard InChI is InChI=1S/C28H28F7N3O2/c1-16-18(4-2-3-5-25(16)39)14-37-26-12-23(19-9-21(29)11-22(10-19)40-28(33,34)35)24(38-26)7-6-17-8-20(15-36-13-17)27(30,31)32/h8-13,15-16,18,24H,2-7,14H2,1H3,(H,37,38)/t16-,18-,24?/m1/s1. The molecule has 3 atom stereocenters. The summed E-state index contributed by atoms with van der Waals surface area (Å²) in [5, 5.41) is 3.21. The Morgan fingerprint density at radius 2 is 1.82 bits per heavy atom. The third-order valence-electron chi connectivity index (χ3n) is 7.22. The monoisotopic (exact) mass is 571 g/mol. The second-order valence-electron chi connectivity index (χ2n) is 10.1. The Bertz CT molecular complexity index is 1290. The number of aliphatic imine (C=N–C) groups is 1. The lowest BCUT2D eigenvalue weighted by molar-refractivity contribution is -0.274. The molecule has 1 aromatic carbocycles. The first-order valence-electron chi connectivity index (χ1n) is 12.9. The van der Waals surface area contributed by atoms with Crippen LogP contribution in [0.2, 0.25) is 0 Å². The molecule has 5 nitrogen and oxygen atoms in total. The molecule has 1 aliphatic carbocycles. The number of benzene rings is 1. The SMILES string of the molecule is C[C@H]1C(=O)CCCC[C@@H]1CNC1=NC(CCc2cncc(C(F)(F)F)c2)C(c2cc(F)cc(OC(F)(F)F)c2)=C1. The number of nitrogens with zero attached hydrogens (tertiary/aromatic N) is 2. The van der Waals surface area contributed by atoms with Gasteiger partial charge in [0.1, 0.15) is 23.2 Å². The summed E-state index contributed by atoms with van der Waals surface area (Å²) in [6.45, 7) is 2.32. The van der Waals surface area contributed by atoms with Crippen molar-refractivity contribution in [3.63, 3.8) is 0 Å². The number of carbonyl (C=O) groups is 1. The fourth-order valence-corrected chi connectivity index (χ4v) is 5.08. The lowest BCUT2D eigenvalue weighted by Gasteiger charge is -2.21. The van der Waals surface area contributed by atoms with Gasteiger partial charge in [-0.2, -0.15) is 13.2 Å². The van der Waals surface area contributed by atoms with Crippen LogP contribution in [0.4, 0.5) is 30.7 Å². The number of nitrogens with one attached hydrogen (secondary N) is 1. The zero-order valence-corrected chi connectivity index (χ0v) is 21.6. The van der Waals surface area contributed by atoms with Crippen LogP contribution in [0.15, 0.2) is 47.7 Å². The highest BCUT2D eigenvalue weighted by Crippen LogP contribution is 2.34. The minimum absolute atomic E-state index is 0.0609. The summed E-state index contributed by atoms with van der Waals surface area (Å²) in [6, 6.07) is 3.01. The summed E-state index contributed by atoms with van der Waals surface area (Å²) in [5.41, 5.74) is -0.106. The highest BCUT2D eigenvalue weighted by Gasteiger charge is 2.33. The number of amidine groups is 1. The van der Waals surface area contributed by atoms with Gasteiger partial charge in [0.2, 0.25) is 0 Å². The van der Waals surface area contributed by atoms with E-state index in [9.17, 15) is 35.5 Å². The van der Waals surface area contributed by atoms with Gasteiger partial charge >= 0.3 is 12.5 Å². The topological polar surface area (TPSA) is 63.6 Å². The average Bonchev–Trinajstić information content (AvgIpc) is 3.20. The van der Waals surface area contributed by atoms with E-state index in [1.165, 1.54) is 6.20 Å². The van der Waals surface area contributed by atoms with Crippen LogP contribution in [0, 0.1) is 17.7 Å². The molecule has 2 aliphatic rings. The summed E-state index contributed by atoms with van der Waals surface area (Å²) < 4.78 is 96.0. The van der Waals surface area contributed by atoms with Gasteiger partial charge in [-0.3, -0.25) is 14.8 Å². The molecule has 0 radical (unpaired) electrons. The average molecular weight is 572 g/mol. The van der Waals surface area contributed by atoms with Crippen LogP contribution in [0.5, 0.6) is 5.75 Å². The summed E-state index contributed by atoms with van der Waals surface area (Å²) >= 11 is 0. The van der Waals surface area contributed by atoms with Crippen LogP contribution >= 0.6 is 0 Å². The van der Waals surface area contributed by atoms with Crippen molar-refractivity contribution < 1.29 is 40.3 Å². The third kappa shape index (κ3) is 7.82. The third-order valence-corrected chi connectivity index (χ3v) is 7.22. The van der Waals surface area contributed by atoms with Gasteiger partial charge in [0, 0.05) is 37.3 Å². The Morgan fingerprint density at radius 3 is 2.55 bits per heavy atom. The molecule has 1 fully saturated rings. The van der Waals surface area contributed by atoms with Crippen molar-refractivity contribution >= 4 is 17.2 Å². The quantitative estimate of drug-likeness (QED) is 0.290. The molecular weight excluding hydrogens is 543 g/mol. The molecule has 2 aromatic rings. The number of ether oxygens (including phenoxy) is 1. The number of aromatic nitrogens is 1. The summed E-state index contributed by atoms with van der Waals surface area (Å²) in [5.74, 6) is -1.19. The smallest absolute Gasteiger partial charge is 0.406 e. The van der Waals surface area contributed by atoms with E-state index in [1.807, 2.05) is 6.92 Å². The van der Waals surface area contributed by atoms with E-state index in [0.717, 1.165) is 43.7 Å². The maximum absolute atomic E-state index is 14.3. The number of alkyl halides is 6. The van der Waals surface area contributed by atoms with E-state index >= 15 is 0 Å². The zero-order valence-electron chi connectivity index (χ0n) is 21.6. The second-order valence-corrected chi connectivity index (χ2v) is 10.1. The van der Waals surface area contributed by atoms with Crippen LogP contribution in [0.1, 0.15) is 55.7 Å². The minimum Gasteiger partial charge on any atom is -0.406 e. The van der Waals surface area contributed by atoms with Crippen LogP contribution < -0.4 is 10.1 Å². The molecule has 2 heterocycles. The first-order chi connectivity index (χ1) is 18.8. The highest BCUT2D eigenvalue weighted by molar-refractivity contribution is 6.04. The molecule has 1 aromatic heterocycles. The largest absolute Gasteiger partial charge is 0.573 e. The van der Waals surface area contributed by atoms with Gasteiger partial charge in [0.15, 0.2) is 0 Å². The van der Waals surface area contributed by atoms with Crippen LogP contribution in [-0.2, 0) is 17.4 Å². The number of ketones is 1. The fourth-order valence-electron chi connectivity index (χ4n) is 5.08. The number of rotatable bonds is 7. The van der Waals surface area contributed by atoms with Crippen LogP contribution in [0.25, 0.3) is 5.57 Å². The Hall–Kier alpha value is -3.44. The van der Waals surface area contributed by atoms with E-state index in [4.69, 9.17) is 0 Å². The summed E-state index contributed by atoms with van der Waals surface area (Å²) in [6.07, 6.45) is -2.54. The molecule has 0 saturated heterocycles. The van der Waals surface area contributed by atoms with Crippen LogP contribution in [-0.4, -0.2) is 35.6 Å². The van der Waals surface area contributed by atoms with Gasteiger partial charge in [-0.25, -0.2) is 4.39 Å². The summed E-state index contributed by atoms with van der Waals surface area (Å²) in [4.78, 5) is 20.6. The molecule has 216 valence electrons. The Kier molecular flexibility index (Phi) is 8.84. The maximum Gasteiger partial charge on any atom is 0.573 e. The maximum atomic E-state index is 14.3. The highest BCUT2D eigenvalue weighted by atomic mass is 19.4. The number of pyridine rings is 1. The molecule has 40 heavy (non-hydrogen) atoms. The minimum atomic E-state index is -5.03. The van der Waals surface area contributed by atoms with Gasteiger partial charge in [0.05, 0.1) is 11.6 Å². The second kappa shape index (κ2) is 12.0. The number of Topliss-reactive ketones (excluding diaryl/α,β-unsaturated/α-hetero) is 1. The van der Waals surface area contributed by atoms with E-state index in [1.54, 1.807) is 6.08 Å². The van der Waals surface area contributed by atoms with Crippen molar-refractivity contribution in [3.05, 3.63) is 65.2 Å². The van der Waals surface area contributed by atoms with E-state index in [-0.39, 0.29) is 36.0 Å². The molecule has 0 amide bonds. The zero-order chi connectivity index (χ0) is 29.1. The number of halogens is 7. The lowest BCUT2D eigenvalue weighted by Crippen LogP contribution is -2.32. The van der Waals surface area contributed by atoms with Crippen molar-refractivity contribution in [2.45, 2.75) is 64.0 Å². The number of aryl methyl sites for hydroxylation is 1. The van der Waals surface area contributed by atoms with Gasteiger partial charge < -0.3 is 10.1 Å². The Labute approximate surface area is 226 Å². The van der Waals surface area contributed by atoms with Crippen molar-refractivity contribution in [2.75, 3.05) is 6.54 Å².